The number of halogens is 4. The summed E-state index contributed by atoms with van der Waals surface area (Å²) < 4.78 is 38.3. The first-order valence-electron chi connectivity index (χ1n) is 6.26. The molecule has 3 nitrogen and oxygen atoms in total. The van der Waals surface area contributed by atoms with E-state index in [0.29, 0.717) is 0 Å². The van der Waals surface area contributed by atoms with Gasteiger partial charge < -0.3 is 5.32 Å². The van der Waals surface area contributed by atoms with E-state index in [2.05, 4.69) is 10.3 Å². The van der Waals surface area contributed by atoms with Crippen LogP contribution in [0.15, 0.2) is 18.2 Å². The summed E-state index contributed by atoms with van der Waals surface area (Å²) in [4.78, 5) is 16.9. The zero-order valence-corrected chi connectivity index (χ0v) is 13.3. The molecule has 1 amide bonds. The molecule has 0 atom stereocenters. The second kappa shape index (κ2) is 6.26. The molecule has 0 aliphatic carbocycles. The van der Waals surface area contributed by atoms with Gasteiger partial charge in [0.2, 0.25) is 5.91 Å². The van der Waals surface area contributed by atoms with Crippen molar-refractivity contribution in [3.05, 3.63) is 44.4 Å². The molecule has 0 spiro atoms. The monoisotopic (exact) mass is 348 g/mol. The van der Waals surface area contributed by atoms with Crippen LogP contribution in [0.25, 0.3) is 0 Å². The van der Waals surface area contributed by atoms with Gasteiger partial charge in [-0.1, -0.05) is 11.6 Å². The maximum Gasteiger partial charge on any atom is 0.417 e. The number of anilines is 1. The maximum absolute atomic E-state index is 12.8. The topological polar surface area (TPSA) is 42.0 Å². The lowest BCUT2D eigenvalue weighted by Crippen LogP contribution is -2.15. The molecule has 0 aliphatic heterocycles. The summed E-state index contributed by atoms with van der Waals surface area (Å²) >= 11 is 6.92. The average Bonchev–Trinajstić information content (AvgIpc) is 2.68. The first-order chi connectivity index (χ1) is 10.2. The average molecular weight is 349 g/mol. The molecule has 0 bridgehead atoms. The third-order valence-electron chi connectivity index (χ3n) is 2.88. The summed E-state index contributed by atoms with van der Waals surface area (Å²) in [5, 5.41) is 2.88. The van der Waals surface area contributed by atoms with Gasteiger partial charge in [0.05, 0.1) is 27.7 Å². The number of rotatable bonds is 3. The Morgan fingerprint density at radius 3 is 2.59 bits per heavy atom. The summed E-state index contributed by atoms with van der Waals surface area (Å²) in [7, 11) is 0. The van der Waals surface area contributed by atoms with Crippen molar-refractivity contribution in [3.8, 4) is 0 Å². The lowest BCUT2D eigenvalue weighted by Gasteiger charge is -2.11. The molecular weight excluding hydrogens is 337 g/mol. The Morgan fingerprint density at radius 2 is 2.05 bits per heavy atom. The van der Waals surface area contributed by atoms with E-state index in [1.165, 1.54) is 17.4 Å². The van der Waals surface area contributed by atoms with E-state index in [-0.39, 0.29) is 12.1 Å². The van der Waals surface area contributed by atoms with Crippen LogP contribution in [0.1, 0.15) is 21.1 Å². The molecule has 2 rings (SSSR count). The van der Waals surface area contributed by atoms with E-state index in [0.717, 1.165) is 27.7 Å². The van der Waals surface area contributed by atoms with Gasteiger partial charge in [0.25, 0.3) is 0 Å². The summed E-state index contributed by atoms with van der Waals surface area (Å²) in [5.74, 6) is -0.401. The molecule has 118 valence electrons. The zero-order chi connectivity index (χ0) is 16.5. The van der Waals surface area contributed by atoms with Crippen molar-refractivity contribution in [2.75, 3.05) is 5.32 Å². The molecule has 2 aromatic rings. The summed E-state index contributed by atoms with van der Waals surface area (Å²) in [6.45, 7) is 3.62. The van der Waals surface area contributed by atoms with Crippen LogP contribution in [-0.4, -0.2) is 10.9 Å². The van der Waals surface area contributed by atoms with Crippen molar-refractivity contribution >= 4 is 34.5 Å². The molecule has 0 fully saturated rings. The van der Waals surface area contributed by atoms with Gasteiger partial charge in [0.15, 0.2) is 0 Å². The van der Waals surface area contributed by atoms with Crippen molar-refractivity contribution in [3.63, 3.8) is 0 Å². The fraction of sp³-hybridized carbons (Fsp3) is 0.286. The highest BCUT2D eigenvalue weighted by atomic mass is 35.5. The van der Waals surface area contributed by atoms with E-state index < -0.39 is 22.7 Å². The standard InChI is InChI=1S/C14H12ClF3N2OS/c1-7-12(22-8(2)19-7)6-13(21)20-9-3-4-11(15)10(5-9)14(16,17)18/h3-5H,6H2,1-2H3,(H,20,21). The number of amides is 1. The van der Waals surface area contributed by atoms with Crippen LogP contribution in [0.5, 0.6) is 0 Å². The Labute approximate surface area is 134 Å². The van der Waals surface area contributed by atoms with Crippen LogP contribution in [-0.2, 0) is 17.4 Å². The number of alkyl halides is 3. The highest BCUT2D eigenvalue weighted by Crippen LogP contribution is 2.36. The summed E-state index contributed by atoms with van der Waals surface area (Å²) in [6.07, 6.45) is -4.50. The molecular formula is C14H12ClF3N2OS. The van der Waals surface area contributed by atoms with E-state index in [1.54, 1.807) is 6.92 Å². The number of thiazole rings is 1. The number of hydrogen-bond acceptors (Lipinski definition) is 3. The fourth-order valence-corrected chi connectivity index (χ4v) is 3.07. The lowest BCUT2D eigenvalue weighted by molar-refractivity contribution is -0.137. The van der Waals surface area contributed by atoms with E-state index in [9.17, 15) is 18.0 Å². The van der Waals surface area contributed by atoms with Gasteiger partial charge in [-0.2, -0.15) is 13.2 Å². The van der Waals surface area contributed by atoms with Crippen LogP contribution >= 0.6 is 22.9 Å². The second-order valence-corrected chi connectivity index (χ2v) is 6.35. The van der Waals surface area contributed by atoms with Gasteiger partial charge >= 0.3 is 6.18 Å². The van der Waals surface area contributed by atoms with Crippen molar-refractivity contribution in [1.29, 1.82) is 0 Å². The minimum absolute atomic E-state index is 0.0561. The largest absolute Gasteiger partial charge is 0.417 e. The molecule has 0 saturated carbocycles. The number of benzene rings is 1. The van der Waals surface area contributed by atoms with Crippen LogP contribution in [0.3, 0.4) is 0 Å². The van der Waals surface area contributed by atoms with Gasteiger partial charge in [0.1, 0.15) is 0 Å². The Hall–Kier alpha value is -1.60. The Balaban J connectivity index is 2.14. The normalized spacial score (nSPS) is 11.5. The molecule has 0 radical (unpaired) electrons. The first kappa shape index (κ1) is 16.8. The predicted molar refractivity (Wildman–Crippen MR) is 80.4 cm³/mol. The highest BCUT2D eigenvalue weighted by Gasteiger charge is 2.33. The molecule has 0 unspecified atom stereocenters. The molecule has 1 aromatic carbocycles. The summed E-state index contributed by atoms with van der Waals surface area (Å²) in [5.41, 5.74) is -0.165. The number of nitrogens with one attached hydrogen (secondary N) is 1. The van der Waals surface area contributed by atoms with Gasteiger partial charge in [-0.15, -0.1) is 11.3 Å². The Morgan fingerprint density at radius 1 is 1.36 bits per heavy atom. The predicted octanol–water partition coefficient (Wildman–Crippen LogP) is 4.61. The van der Waals surface area contributed by atoms with E-state index in [4.69, 9.17) is 11.6 Å². The third-order valence-corrected chi connectivity index (χ3v) is 4.28. The minimum Gasteiger partial charge on any atom is -0.326 e. The van der Waals surface area contributed by atoms with Crippen molar-refractivity contribution < 1.29 is 18.0 Å². The van der Waals surface area contributed by atoms with Crippen LogP contribution in [0.2, 0.25) is 5.02 Å². The number of aryl methyl sites for hydroxylation is 2. The van der Waals surface area contributed by atoms with Crippen LogP contribution < -0.4 is 5.32 Å². The van der Waals surface area contributed by atoms with Crippen molar-refractivity contribution in [2.24, 2.45) is 0 Å². The first-order valence-corrected chi connectivity index (χ1v) is 7.46. The van der Waals surface area contributed by atoms with Gasteiger partial charge in [0, 0.05) is 10.6 Å². The molecule has 1 aromatic heterocycles. The van der Waals surface area contributed by atoms with Gasteiger partial charge in [-0.3, -0.25) is 4.79 Å². The fourth-order valence-electron chi connectivity index (χ4n) is 1.91. The maximum atomic E-state index is 12.8. The molecule has 0 aliphatic rings. The van der Waals surface area contributed by atoms with Gasteiger partial charge in [-0.05, 0) is 32.0 Å². The minimum atomic E-state index is -4.57. The molecule has 8 heteroatoms. The zero-order valence-electron chi connectivity index (χ0n) is 11.7. The molecule has 1 heterocycles. The number of carbonyl (C=O) groups is 1. The highest BCUT2D eigenvalue weighted by molar-refractivity contribution is 7.11. The third kappa shape index (κ3) is 3.98. The van der Waals surface area contributed by atoms with E-state index >= 15 is 0 Å². The van der Waals surface area contributed by atoms with Gasteiger partial charge in [-0.25, -0.2) is 4.98 Å². The molecule has 1 N–H and O–H groups in total. The Bertz CT molecular complexity index is 713. The number of hydrogen-bond donors (Lipinski definition) is 1. The SMILES string of the molecule is Cc1nc(C)c(CC(=O)Nc2ccc(Cl)c(C(F)(F)F)c2)s1. The van der Waals surface area contributed by atoms with E-state index in [1.807, 2.05) is 6.92 Å². The number of carbonyl (C=O) groups excluding carboxylic acids is 1. The number of aromatic nitrogens is 1. The Kier molecular flexibility index (Phi) is 4.77. The van der Waals surface area contributed by atoms with Crippen LogP contribution in [0, 0.1) is 13.8 Å². The second-order valence-electron chi connectivity index (χ2n) is 4.66. The molecule has 0 saturated heterocycles. The lowest BCUT2D eigenvalue weighted by atomic mass is 10.2. The van der Waals surface area contributed by atoms with Crippen LogP contribution in [0.4, 0.5) is 18.9 Å². The smallest absolute Gasteiger partial charge is 0.326 e. The van der Waals surface area contributed by atoms with Crippen molar-refractivity contribution in [1.82, 2.24) is 4.98 Å². The summed E-state index contributed by atoms with van der Waals surface area (Å²) in [6, 6.07) is 3.27. The number of nitrogens with zero attached hydrogens (tertiary/aromatic N) is 1. The van der Waals surface area contributed by atoms with Crippen molar-refractivity contribution in [2.45, 2.75) is 26.4 Å². The molecule has 22 heavy (non-hydrogen) atoms. The quantitative estimate of drug-likeness (QED) is 0.879.